The van der Waals surface area contributed by atoms with Gasteiger partial charge in [0.15, 0.2) is 0 Å². The van der Waals surface area contributed by atoms with Crippen LogP contribution in [0.25, 0.3) is 5.69 Å². The molecule has 0 fully saturated rings. The van der Waals surface area contributed by atoms with Crippen molar-refractivity contribution in [2.75, 3.05) is 6.54 Å². The largest absolute Gasteiger partial charge is 0.386 e. The smallest absolute Gasteiger partial charge is 0.224 e. The van der Waals surface area contributed by atoms with Crippen LogP contribution in [0.2, 0.25) is 0 Å². The number of aliphatic hydroxyl groups is 1. The number of carbonyl (C=O) groups excluding carboxylic acids is 1. The van der Waals surface area contributed by atoms with Gasteiger partial charge in [-0.25, -0.2) is 9.07 Å². The van der Waals surface area contributed by atoms with Crippen LogP contribution in [0.15, 0.2) is 54.9 Å². The van der Waals surface area contributed by atoms with Crippen molar-refractivity contribution in [2.45, 2.75) is 12.5 Å². The van der Waals surface area contributed by atoms with Gasteiger partial charge in [0.25, 0.3) is 0 Å². The fourth-order valence-electron chi connectivity index (χ4n) is 2.36. The molecule has 7 nitrogen and oxygen atoms in total. The number of amides is 1. The number of aromatic nitrogens is 4. The first kappa shape index (κ1) is 16.7. The normalized spacial score (nSPS) is 11.9. The van der Waals surface area contributed by atoms with Crippen molar-refractivity contribution in [1.29, 1.82) is 0 Å². The van der Waals surface area contributed by atoms with Gasteiger partial charge in [-0.1, -0.05) is 30.3 Å². The second-order valence-corrected chi connectivity index (χ2v) is 5.44. The van der Waals surface area contributed by atoms with Gasteiger partial charge in [0.05, 0.1) is 18.2 Å². The quantitative estimate of drug-likeness (QED) is 0.703. The summed E-state index contributed by atoms with van der Waals surface area (Å²) in [5.41, 5.74) is 1.74. The predicted molar refractivity (Wildman–Crippen MR) is 87.2 cm³/mol. The molecular formula is C17H16FN5O2. The molecule has 3 aromatic rings. The first-order valence-corrected chi connectivity index (χ1v) is 7.65. The standard InChI is InChI=1S/C17H16FN5O2/c18-15-4-2-1-3-14(15)16(24)10-19-17(25)9-12-5-7-13(8-6-12)23-11-20-21-22-23/h1-8,11,16,24H,9-10H2,(H,19,25). The molecule has 2 aromatic carbocycles. The van der Waals surface area contributed by atoms with Crippen molar-refractivity contribution >= 4 is 5.91 Å². The number of benzene rings is 2. The van der Waals surface area contributed by atoms with Crippen LogP contribution in [0.3, 0.4) is 0 Å². The van der Waals surface area contributed by atoms with E-state index in [9.17, 15) is 14.3 Å². The van der Waals surface area contributed by atoms with Crippen LogP contribution in [-0.4, -0.2) is 37.8 Å². The summed E-state index contributed by atoms with van der Waals surface area (Å²) in [5, 5.41) is 23.5. The molecule has 0 bridgehead atoms. The van der Waals surface area contributed by atoms with Crippen molar-refractivity contribution in [3.8, 4) is 5.69 Å². The van der Waals surface area contributed by atoms with E-state index in [4.69, 9.17) is 0 Å². The Morgan fingerprint density at radius 2 is 1.96 bits per heavy atom. The SMILES string of the molecule is O=C(Cc1ccc(-n2cnnn2)cc1)NCC(O)c1ccccc1F. The van der Waals surface area contributed by atoms with Crippen LogP contribution in [0.5, 0.6) is 0 Å². The number of tetrazole rings is 1. The minimum absolute atomic E-state index is 0.0531. The highest BCUT2D eigenvalue weighted by atomic mass is 19.1. The molecule has 8 heteroatoms. The van der Waals surface area contributed by atoms with Gasteiger partial charge in [-0.3, -0.25) is 4.79 Å². The third-order valence-electron chi connectivity index (χ3n) is 3.67. The van der Waals surface area contributed by atoms with E-state index in [1.807, 2.05) is 0 Å². The maximum Gasteiger partial charge on any atom is 0.224 e. The molecular weight excluding hydrogens is 325 g/mol. The molecule has 1 amide bonds. The number of nitrogens with one attached hydrogen (secondary N) is 1. The van der Waals surface area contributed by atoms with Crippen molar-refractivity contribution < 1.29 is 14.3 Å². The Hall–Kier alpha value is -3.13. The van der Waals surface area contributed by atoms with Gasteiger partial charge in [-0.15, -0.1) is 5.10 Å². The summed E-state index contributed by atoms with van der Waals surface area (Å²) in [7, 11) is 0. The maximum absolute atomic E-state index is 13.6. The molecule has 0 radical (unpaired) electrons. The maximum atomic E-state index is 13.6. The highest BCUT2D eigenvalue weighted by molar-refractivity contribution is 5.78. The Morgan fingerprint density at radius 1 is 1.20 bits per heavy atom. The van der Waals surface area contributed by atoms with E-state index in [1.165, 1.54) is 23.1 Å². The number of hydrogen-bond acceptors (Lipinski definition) is 5. The minimum atomic E-state index is -1.09. The van der Waals surface area contributed by atoms with E-state index < -0.39 is 11.9 Å². The summed E-state index contributed by atoms with van der Waals surface area (Å²) in [6.07, 6.45) is 0.540. The molecule has 1 aromatic heterocycles. The number of halogens is 1. The second-order valence-electron chi connectivity index (χ2n) is 5.44. The molecule has 2 N–H and O–H groups in total. The van der Waals surface area contributed by atoms with Gasteiger partial charge in [0.1, 0.15) is 12.1 Å². The average Bonchev–Trinajstić information content (AvgIpc) is 3.15. The topological polar surface area (TPSA) is 92.9 Å². The number of carbonyl (C=O) groups is 1. The van der Waals surface area contributed by atoms with Crippen LogP contribution in [-0.2, 0) is 11.2 Å². The van der Waals surface area contributed by atoms with Crippen LogP contribution < -0.4 is 5.32 Å². The van der Waals surface area contributed by atoms with Crippen LogP contribution in [0.4, 0.5) is 4.39 Å². The highest BCUT2D eigenvalue weighted by Crippen LogP contribution is 2.15. The lowest BCUT2D eigenvalue weighted by Crippen LogP contribution is -2.30. The molecule has 1 unspecified atom stereocenters. The zero-order valence-corrected chi connectivity index (χ0v) is 13.2. The van der Waals surface area contributed by atoms with Crippen molar-refractivity contribution in [1.82, 2.24) is 25.5 Å². The van der Waals surface area contributed by atoms with Crippen LogP contribution in [0, 0.1) is 5.82 Å². The van der Waals surface area contributed by atoms with E-state index in [0.717, 1.165) is 11.3 Å². The Balaban J connectivity index is 1.53. The first-order valence-electron chi connectivity index (χ1n) is 7.65. The molecule has 0 saturated carbocycles. The van der Waals surface area contributed by atoms with Gasteiger partial charge >= 0.3 is 0 Å². The van der Waals surface area contributed by atoms with Gasteiger partial charge in [0, 0.05) is 12.1 Å². The number of aliphatic hydroxyl groups excluding tert-OH is 1. The van der Waals surface area contributed by atoms with E-state index in [1.54, 1.807) is 36.4 Å². The molecule has 0 aliphatic heterocycles. The van der Waals surface area contributed by atoms with Crippen molar-refractivity contribution in [3.05, 3.63) is 71.8 Å². The fraction of sp³-hybridized carbons (Fsp3) is 0.176. The third kappa shape index (κ3) is 4.24. The Labute approximate surface area is 143 Å². The zero-order chi connectivity index (χ0) is 17.6. The Morgan fingerprint density at radius 3 is 2.64 bits per heavy atom. The lowest BCUT2D eigenvalue weighted by Gasteiger charge is -2.13. The van der Waals surface area contributed by atoms with Crippen LogP contribution in [0.1, 0.15) is 17.2 Å². The predicted octanol–water partition coefficient (Wildman–Crippen LogP) is 1.19. The second kappa shape index (κ2) is 7.63. The summed E-state index contributed by atoms with van der Waals surface area (Å²) < 4.78 is 15.1. The number of rotatable bonds is 6. The van der Waals surface area contributed by atoms with Gasteiger partial charge in [-0.05, 0) is 34.2 Å². The first-order chi connectivity index (χ1) is 12.1. The lowest BCUT2D eigenvalue weighted by molar-refractivity contribution is -0.120. The molecule has 0 aliphatic carbocycles. The fourth-order valence-corrected chi connectivity index (χ4v) is 2.36. The van der Waals surface area contributed by atoms with E-state index in [-0.39, 0.29) is 24.4 Å². The minimum Gasteiger partial charge on any atom is -0.386 e. The molecule has 1 heterocycles. The van der Waals surface area contributed by atoms with E-state index in [0.29, 0.717) is 0 Å². The summed E-state index contributed by atoms with van der Waals surface area (Å²) in [5.74, 6) is -0.756. The molecule has 3 rings (SSSR count). The molecule has 0 spiro atoms. The Kier molecular flexibility index (Phi) is 5.10. The Bertz CT molecular complexity index is 837. The van der Waals surface area contributed by atoms with Crippen molar-refractivity contribution in [3.63, 3.8) is 0 Å². The molecule has 128 valence electrons. The van der Waals surface area contributed by atoms with Gasteiger partial charge in [0.2, 0.25) is 5.91 Å². The number of nitrogens with zero attached hydrogens (tertiary/aromatic N) is 4. The van der Waals surface area contributed by atoms with Crippen molar-refractivity contribution in [2.24, 2.45) is 0 Å². The average molecular weight is 341 g/mol. The number of hydrogen-bond donors (Lipinski definition) is 2. The third-order valence-corrected chi connectivity index (χ3v) is 3.67. The molecule has 0 saturated heterocycles. The highest BCUT2D eigenvalue weighted by Gasteiger charge is 2.13. The summed E-state index contributed by atoms with van der Waals surface area (Å²) in [6.45, 7) is -0.0531. The van der Waals surface area contributed by atoms with Gasteiger partial charge in [-0.2, -0.15) is 0 Å². The molecule has 1 atom stereocenters. The van der Waals surface area contributed by atoms with Gasteiger partial charge < -0.3 is 10.4 Å². The van der Waals surface area contributed by atoms with E-state index in [2.05, 4.69) is 20.8 Å². The summed E-state index contributed by atoms with van der Waals surface area (Å²) in [4.78, 5) is 12.0. The van der Waals surface area contributed by atoms with Crippen LogP contribution >= 0.6 is 0 Å². The molecule has 25 heavy (non-hydrogen) atoms. The lowest BCUT2D eigenvalue weighted by atomic mass is 10.1. The summed E-state index contributed by atoms with van der Waals surface area (Å²) >= 11 is 0. The van der Waals surface area contributed by atoms with E-state index >= 15 is 0 Å². The molecule has 0 aliphatic rings. The summed E-state index contributed by atoms with van der Waals surface area (Å²) in [6, 6.07) is 13.1. The zero-order valence-electron chi connectivity index (χ0n) is 13.2. The monoisotopic (exact) mass is 341 g/mol.